The number of amides is 3. The average Bonchev–Trinajstić information content (AvgIpc) is 0.845. The molecule has 0 aliphatic rings. The van der Waals surface area contributed by atoms with Gasteiger partial charge in [0.25, 0.3) is 12.4 Å². The predicted molar refractivity (Wildman–Crippen MR) is 405 cm³/mol. The van der Waals surface area contributed by atoms with Crippen LogP contribution in [-0.2, 0) is 53.2 Å². The number of hydrogen-bond acceptors (Lipinski definition) is 18. The second kappa shape index (κ2) is 51.4. The number of ether oxygens (including phenoxy) is 10. The number of carbonyl (C=O) groups excluding carboxylic acids is 5. The third kappa shape index (κ3) is 29.8. The summed E-state index contributed by atoms with van der Waals surface area (Å²) in [4.78, 5) is 66.1. The van der Waals surface area contributed by atoms with Crippen molar-refractivity contribution in [2.75, 3.05) is 103 Å². The van der Waals surface area contributed by atoms with Gasteiger partial charge in [-0.05, 0) is 142 Å². The van der Waals surface area contributed by atoms with E-state index in [0.29, 0.717) is 86.6 Å². The Morgan fingerprint density at radius 2 is 0.667 bits per heavy atom. The number of methoxy groups -OCH3 is 9. The first-order valence-corrected chi connectivity index (χ1v) is 34.6. The first kappa shape index (κ1) is 92.4. The number of aliphatic hydroxyl groups is 1. The van der Waals surface area contributed by atoms with Crippen LogP contribution in [0.15, 0.2) is 218 Å². The first-order chi connectivity index (χ1) is 51.5. The number of nitrogens with zero attached hydrogens (tertiary/aromatic N) is 3. The summed E-state index contributed by atoms with van der Waals surface area (Å²) >= 11 is 5.95. The van der Waals surface area contributed by atoms with E-state index in [0.717, 1.165) is 57.1 Å². The largest absolute Gasteiger partial charge is 1.00 e. The van der Waals surface area contributed by atoms with E-state index in [1.54, 1.807) is 78.7 Å². The third-order valence-electron chi connectivity index (χ3n) is 17.4. The second-order valence-corrected chi connectivity index (χ2v) is 24.1. The molecule has 9 rings (SSSR count). The Bertz CT molecular complexity index is 3940. The molecular formula is C84H96ClK2N3O18. The molecule has 3 amide bonds. The van der Waals surface area contributed by atoms with Crippen molar-refractivity contribution in [2.45, 2.75) is 63.6 Å². The number of hydrogen-bond donors (Lipinski definition) is 1. The Hall–Kier alpha value is -7.99. The van der Waals surface area contributed by atoms with Gasteiger partial charge in [-0.1, -0.05) is 146 Å². The van der Waals surface area contributed by atoms with Crippen molar-refractivity contribution in [3.8, 4) is 51.7 Å². The molecule has 3 atom stereocenters. The second-order valence-electron chi connectivity index (χ2n) is 23.9. The molecule has 108 heavy (non-hydrogen) atoms. The summed E-state index contributed by atoms with van der Waals surface area (Å²) in [5.41, 5.74) is 9.70. The fraction of sp³-hybridized carbons (Fsp3) is 0.298. The van der Waals surface area contributed by atoms with Crippen molar-refractivity contribution >= 4 is 41.8 Å². The van der Waals surface area contributed by atoms with Gasteiger partial charge in [0.05, 0.1) is 64.0 Å². The summed E-state index contributed by atoms with van der Waals surface area (Å²) in [6.45, 7) is 2.92. The zero-order valence-corrected chi connectivity index (χ0v) is 70.7. The third-order valence-corrected chi connectivity index (χ3v) is 17.7. The molecule has 24 heteroatoms. The number of alkyl halides is 1. The van der Waals surface area contributed by atoms with Crippen molar-refractivity contribution in [3.63, 3.8) is 0 Å². The molecule has 564 valence electrons. The summed E-state index contributed by atoms with van der Waals surface area (Å²) in [7, 11) is 14.5. The van der Waals surface area contributed by atoms with E-state index in [1.165, 1.54) is 23.6 Å². The van der Waals surface area contributed by atoms with E-state index in [-0.39, 0.29) is 159 Å². The molecule has 0 heterocycles. The molecule has 0 bridgehead atoms. The van der Waals surface area contributed by atoms with Crippen molar-refractivity contribution in [1.82, 2.24) is 14.7 Å². The molecule has 0 spiro atoms. The predicted octanol–water partition coefficient (Wildman–Crippen LogP) is 7.14. The van der Waals surface area contributed by atoms with Crippen LogP contribution in [0.25, 0.3) is 0 Å². The van der Waals surface area contributed by atoms with Crippen molar-refractivity contribution < 1.29 is 191 Å². The van der Waals surface area contributed by atoms with Gasteiger partial charge in [-0.15, -0.1) is 11.6 Å². The Morgan fingerprint density at radius 1 is 0.398 bits per heavy atom. The number of esters is 1. The van der Waals surface area contributed by atoms with E-state index >= 15 is 0 Å². The van der Waals surface area contributed by atoms with Crippen LogP contribution < -0.4 is 151 Å². The van der Waals surface area contributed by atoms with Gasteiger partial charge in [-0.3, -0.25) is 24.0 Å². The molecule has 21 nitrogen and oxygen atoms in total. The van der Waals surface area contributed by atoms with E-state index in [9.17, 15) is 24.3 Å². The van der Waals surface area contributed by atoms with Crippen LogP contribution in [0.1, 0.15) is 95.4 Å². The van der Waals surface area contributed by atoms with E-state index in [1.807, 2.05) is 146 Å². The molecule has 0 saturated carbocycles. The molecule has 0 aliphatic heterocycles. The average molecular weight is 1550 g/mol. The minimum absolute atomic E-state index is 0. The first-order valence-electron chi connectivity index (χ1n) is 34.1. The van der Waals surface area contributed by atoms with Crippen LogP contribution in [-0.4, -0.2) is 153 Å². The van der Waals surface area contributed by atoms with Crippen LogP contribution in [0, 0.1) is 0 Å². The van der Waals surface area contributed by atoms with Crippen LogP contribution in [0.4, 0.5) is 0 Å². The maximum Gasteiger partial charge on any atom is 1.00 e. The quantitative estimate of drug-likeness (QED) is 0.0104. The Morgan fingerprint density at radius 3 is 0.907 bits per heavy atom. The summed E-state index contributed by atoms with van der Waals surface area (Å²) in [5.74, 6) is 5.18. The monoisotopic (exact) mass is 1550 g/mol. The zero-order valence-electron chi connectivity index (χ0n) is 64.7. The minimum Gasteiger partial charge on any atom is -1.00 e. The molecule has 0 aromatic heterocycles. The number of benzene rings is 9. The van der Waals surface area contributed by atoms with Gasteiger partial charge < -0.3 is 78.7 Å². The van der Waals surface area contributed by atoms with E-state index < -0.39 is 12.6 Å². The van der Waals surface area contributed by atoms with Crippen molar-refractivity contribution in [1.29, 1.82) is 0 Å². The normalized spacial score (nSPS) is 11.0. The molecule has 1 N–H and O–H groups in total. The molecule has 0 fully saturated rings. The Labute approximate surface area is 725 Å². The number of rotatable bonds is 35. The van der Waals surface area contributed by atoms with Gasteiger partial charge in [-0.2, -0.15) is 0 Å². The molecule has 0 aliphatic carbocycles. The fourth-order valence-electron chi connectivity index (χ4n) is 11.9. The Kier molecular flexibility index (Phi) is 44.0. The maximum absolute atomic E-state index is 13.1. The maximum atomic E-state index is 13.1. The number of carbonyl (C=O) groups is 5. The minimum atomic E-state index is -0.536. The smallest absolute Gasteiger partial charge is 1.00 e. The van der Waals surface area contributed by atoms with Gasteiger partial charge in [0, 0.05) is 63.9 Å². The summed E-state index contributed by atoms with van der Waals surface area (Å²) in [5, 5.41) is 18.0. The van der Waals surface area contributed by atoms with Crippen molar-refractivity contribution in [2.24, 2.45) is 0 Å². The van der Waals surface area contributed by atoms with Gasteiger partial charge in [0.2, 0.25) is 11.8 Å². The van der Waals surface area contributed by atoms with Gasteiger partial charge in [-0.25, -0.2) is 0 Å². The SMILES string of the molecule is COc1ccc(C(CCN(Cc2ccc(OC)c(OC)c2)C(=O)CCl)c2ccccc2)cc1.COc1ccc(C(CCN(Cc2ccc(OC)c(OC)c2)C(=O)CO)c2ccccc2)cc1.COc1ccc(C(CCN(Cc2ccc(OC)c(OC)c2)C(=O)COC(C)=O)c2ccccc2)cc1.O=CO[O-].[H-].[K+].[K+]. The van der Waals surface area contributed by atoms with Gasteiger partial charge in [0.15, 0.2) is 41.1 Å². The fourth-order valence-corrected chi connectivity index (χ4v) is 12.1. The van der Waals surface area contributed by atoms with Crippen LogP contribution in [0.2, 0.25) is 0 Å². The molecule has 9 aromatic rings. The zero-order chi connectivity index (χ0) is 76.6. The number of aliphatic hydroxyl groups excluding tert-OH is 1. The standard InChI is InChI=1S/C29H33NO6.C27H30ClNO4.C27H31NO5.CH2O3.2K.H/c1-21(31)36-20-29(32)30(19-22-10-15-27(34-3)28(18-22)35-4)17-16-26(23-8-6-5-7-9-23)24-11-13-25(33-2)14-12-24;1-31-23-12-10-22(11-13-23)24(21-7-5-4-6-8-21)15-16-29(27(30)18-28)19-20-9-14-25(32-2)26(17-20)33-3;1-31-23-12-10-22(11-13-23)24(21-7-5-4-6-8-21)15-16-28(27(30)19-29)18-20-9-14-25(32-2)26(17-20)33-3;2-1-4-3;;;/h5-15,18,26H,16-17,19-20H2,1-4H3;4-14,17,24H,15-16,18-19H2,1-3H3;4-14,17,24,29H,15-16,18-19H2,1-3H3;1,3H;;;/q;;;;2*+1;-1/p-1. The molecule has 0 saturated heterocycles. The summed E-state index contributed by atoms with van der Waals surface area (Å²) in [6, 6.07) is 71.7. The topological polar surface area (TPSA) is 240 Å². The van der Waals surface area contributed by atoms with Crippen LogP contribution in [0.3, 0.4) is 0 Å². The molecule has 0 radical (unpaired) electrons. The van der Waals surface area contributed by atoms with Crippen molar-refractivity contribution in [3.05, 3.63) is 268 Å². The number of halogens is 1. The molecule has 9 aromatic carbocycles. The van der Waals surface area contributed by atoms with Gasteiger partial charge >= 0.3 is 109 Å². The van der Waals surface area contributed by atoms with E-state index in [4.69, 9.17) is 69.0 Å². The van der Waals surface area contributed by atoms with Crippen LogP contribution >= 0.6 is 11.6 Å². The molecule has 3 unspecified atom stereocenters. The molecular weight excluding hydrogens is 1450 g/mol. The summed E-state index contributed by atoms with van der Waals surface area (Å²) < 4.78 is 53.1. The summed E-state index contributed by atoms with van der Waals surface area (Å²) in [6.07, 6.45) is 2.14. The Balaban J connectivity index is 0.000000408. The van der Waals surface area contributed by atoms with Crippen LogP contribution in [0.5, 0.6) is 51.7 Å². The van der Waals surface area contributed by atoms with E-state index in [2.05, 4.69) is 77.7 Å². The van der Waals surface area contributed by atoms with Gasteiger partial charge in [0.1, 0.15) is 29.7 Å².